The molecule has 0 aliphatic rings. The van der Waals surface area contributed by atoms with E-state index < -0.39 is 0 Å². The molecule has 0 radical (unpaired) electrons. The topological polar surface area (TPSA) is 41.1 Å². The molecule has 3 nitrogen and oxygen atoms in total. The minimum absolute atomic E-state index is 0.135. The van der Waals surface area contributed by atoms with Gasteiger partial charge < -0.3 is 10.6 Å². The number of nitrogens with one attached hydrogen (secondary N) is 2. The minimum atomic E-state index is -0.313. The molecule has 0 saturated heterocycles. The summed E-state index contributed by atoms with van der Waals surface area (Å²) in [4.78, 5) is 11.8. The van der Waals surface area contributed by atoms with Gasteiger partial charge in [-0.3, -0.25) is 4.79 Å². The summed E-state index contributed by atoms with van der Waals surface area (Å²) in [6, 6.07) is 12.2. The molecule has 0 saturated carbocycles. The first-order valence-electron chi connectivity index (χ1n) is 6.56. The Kier molecular flexibility index (Phi) is 5.33. The normalized spacial score (nSPS) is 10.2. The second-order valence-electron chi connectivity index (χ2n) is 4.70. The van der Waals surface area contributed by atoms with Crippen LogP contribution in [0.3, 0.4) is 0 Å². The Balaban J connectivity index is 1.84. The molecule has 0 spiro atoms. The van der Waals surface area contributed by atoms with E-state index in [1.807, 2.05) is 25.1 Å². The molecule has 0 heterocycles. The van der Waals surface area contributed by atoms with E-state index in [9.17, 15) is 9.18 Å². The average molecular weight is 351 g/mol. The van der Waals surface area contributed by atoms with Crippen molar-refractivity contribution in [2.45, 2.75) is 13.5 Å². The minimum Gasteiger partial charge on any atom is -0.375 e. The van der Waals surface area contributed by atoms with Crippen LogP contribution in [0.5, 0.6) is 0 Å². The molecule has 0 unspecified atom stereocenters. The highest BCUT2D eigenvalue weighted by Crippen LogP contribution is 2.22. The summed E-state index contributed by atoms with van der Waals surface area (Å²) in [7, 11) is 0. The number of carbonyl (C=O) groups is 1. The van der Waals surface area contributed by atoms with Gasteiger partial charge in [-0.15, -0.1) is 0 Å². The summed E-state index contributed by atoms with van der Waals surface area (Å²) in [6.07, 6.45) is 0. The van der Waals surface area contributed by atoms with Gasteiger partial charge in [0.05, 0.1) is 6.54 Å². The number of hydrogen-bond acceptors (Lipinski definition) is 2. The molecule has 5 heteroatoms. The number of halogens is 2. The predicted molar refractivity (Wildman–Crippen MR) is 85.6 cm³/mol. The lowest BCUT2D eigenvalue weighted by Gasteiger charge is -2.10. The van der Waals surface area contributed by atoms with E-state index in [0.717, 1.165) is 15.7 Å². The van der Waals surface area contributed by atoms with E-state index in [1.54, 1.807) is 18.2 Å². The third-order valence-corrected chi connectivity index (χ3v) is 3.65. The summed E-state index contributed by atoms with van der Waals surface area (Å²) >= 11 is 3.44. The largest absolute Gasteiger partial charge is 0.375 e. The van der Waals surface area contributed by atoms with Crippen molar-refractivity contribution in [1.29, 1.82) is 0 Å². The molecule has 0 atom stereocenters. The number of amides is 1. The van der Waals surface area contributed by atoms with Crippen LogP contribution in [0.4, 0.5) is 10.1 Å². The van der Waals surface area contributed by atoms with Crippen LogP contribution in [-0.4, -0.2) is 12.5 Å². The Morgan fingerprint density at radius 3 is 2.71 bits per heavy atom. The number of anilines is 1. The first-order valence-corrected chi connectivity index (χ1v) is 7.35. The quantitative estimate of drug-likeness (QED) is 0.864. The molecule has 1 amide bonds. The first kappa shape index (κ1) is 15.5. The van der Waals surface area contributed by atoms with E-state index in [0.29, 0.717) is 5.56 Å². The van der Waals surface area contributed by atoms with Gasteiger partial charge >= 0.3 is 0 Å². The van der Waals surface area contributed by atoms with Crippen LogP contribution in [0.1, 0.15) is 11.1 Å². The van der Waals surface area contributed by atoms with Crippen LogP contribution in [0.15, 0.2) is 46.9 Å². The number of aryl methyl sites for hydroxylation is 1. The fourth-order valence-electron chi connectivity index (χ4n) is 1.84. The van der Waals surface area contributed by atoms with E-state index >= 15 is 0 Å². The molecule has 2 rings (SSSR count). The maximum atomic E-state index is 13.4. The molecule has 21 heavy (non-hydrogen) atoms. The van der Waals surface area contributed by atoms with Crippen molar-refractivity contribution < 1.29 is 9.18 Å². The maximum absolute atomic E-state index is 13.4. The van der Waals surface area contributed by atoms with Gasteiger partial charge in [0.25, 0.3) is 0 Å². The zero-order valence-electron chi connectivity index (χ0n) is 11.6. The molecular formula is C16H16BrFN2O. The fourth-order valence-corrected chi connectivity index (χ4v) is 2.47. The second-order valence-corrected chi connectivity index (χ2v) is 5.56. The van der Waals surface area contributed by atoms with Crippen molar-refractivity contribution in [1.82, 2.24) is 5.32 Å². The first-order chi connectivity index (χ1) is 10.1. The summed E-state index contributed by atoms with van der Waals surface area (Å²) in [5.41, 5.74) is 2.46. The van der Waals surface area contributed by atoms with Gasteiger partial charge in [0, 0.05) is 22.3 Å². The molecular weight excluding hydrogens is 335 g/mol. The third kappa shape index (κ3) is 4.56. The van der Waals surface area contributed by atoms with Crippen molar-refractivity contribution >= 4 is 27.5 Å². The monoisotopic (exact) mass is 350 g/mol. The predicted octanol–water partition coefficient (Wildman–Crippen LogP) is 3.62. The molecule has 0 bridgehead atoms. The van der Waals surface area contributed by atoms with Crippen LogP contribution in [0.2, 0.25) is 0 Å². The highest BCUT2D eigenvalue weighted by molar-refractivity contribution is 9.10. The summed E-state index contributed by atoms with van der Waals surface area (Å²) in [5, 5.41) is 5.72. The van der Waals surface area contributed by atoms with Crippen molar-refractivity contribution in [2.75, 3.05) is 11.9 Å². The molecule has 2 aromatic rings. The van der Waals surface area contributed by atoms with Gasteiger partial charge in [-0.1, -0.05) is 24.3 Å². The highest BCUT2D eigenvalue weighted by atomic mass is 79.9. The second kappa shape index (κ2) is 7.22. The summed E-state index contributed by atoms with van der Waals surface area (Å²) in [6.45, 7) is 2.31. The van der Waals surface area contributed by atoms with Crippen molar-refractivity contribution in [3.05, 3.63) is 63.9 Å². The van der Waals surface area contributed by atoms with E-state index in [1.165, 1.54) is 6.07 Å². The van der Waals surface area contributed by atoms with Gasteiger partial charge in [-0.2, -0.15) is 0 Å². The zero-order chi connectivity index (χ0) is 15.2. The maximum Gasteiger partial charge on any atom is 0.239 e. The van der Waals surface area contributed by atoms with E-state index in [4.69, 9.17) is 0 Å². The van der Waals surface area contributed by atoms with Crippen molar-refractivity contribution in [3.63, 3.8) is 0 Å². The van der Waals surface area contributed by atoms with E-state index in [-0.39, 0.29) is 24.8 Å². The zero-order valence-corrected chi connectivity index (χ0v) is 13.2. The van der Waals surface area contributed by atoms with Gasteiger partial charge in [0.15, 0.2) is 0 Å². The molecule has 0 aliphatic heterocycles. The van der Waals surface area contributed by atoms with Gasteiger partial charge in [0.2, 0.25) is 5.91 Å². The third-order valence-electron chi connectivity index (χ3n) is 3.00. The van der Waals surface area contributed by atoms with Crippen molar-refractivity contribution in [2.24, 2.45) is 0 Å². The van der Waals surface area contributed by atoms with Gasteiger partial charge in [0.1, 0.15) is 5.82 Å². The number of hydrogen-bond donors (Lipinski definition) is 2. The summed E-state index contributed by atoms with van der Waals surface area (Å²) in [5.74, 6) is -0.502. The molecule has 0 aromatic heterocycles. The number of carbonyl (C=O) groups excluding carboxylic acids is 1. The lowest BCUT2D eigenvalue weighted by molar-refractivity contribution is -0.119. The number of benzene rings is 2. The summed E-state index contributed by atoms with van der Waals surface area (Å²) < 4.78 is 14.3. The molecule has 2 aromatic carbocycles. The molecule has 2 N–H and O–H groups in total. The van der Waals surface area contributed by atoms with Crippen LogP contribution >= 0.6 is 15.9 Å². The lowest BCUT2D eigenvalue weighted by Crippen LogP contribution is -2.29. The molecule has 0 aliphatic carbocycles. The van der Waals surface area contributed by atoms with Crippen LogP contribution in [-0.2, 0) is 11.3 Å². The fraction of sp³-hybridized carbons (Fsp3) is 0.188. The van der Waals surface area contributed by atoms with Crippen LogP contribution in [0.25, 0.3) is 0 Å². The van der Waals surface area contributed by atoms with Crippen LogP contribution < -0.4 is 10.6 Å². The SMILES string of the molecule is Cc1ccc(NCC(=O)NCc2ccccc2F)c(Br)c1. The van der Waals surface area contributed by atoms with Crippen molar-refractivity contribution in [3.8, 4) is 0 Å². The lowest BCUT2D eigenvalue weighted by atomic mass is 10.2. The van der Waals surface area contributed by atoms with E-state index in [2.05, 4.69) is 26.6 Å². The Hall–Kier alpha value is -1.88. The standard InChI is InChI=1S/C16H16BrFN2O/c1-11-6-7-15(13(17)8-11)19-10-16(21)20-9-12-4-2-3-5-14(12)18/h2-8,19H,9-10H2,1H3,(H,20,21). The Labute approximate surface area is 131 Å². The van der Waals surface area contributed by atoms with Crippen LogP contribution in [0, 0.1) is 12.7 Å². The Morgan fingerprint density at radius 2 is 2.00 bits per heavy atom. The molecule has 110 valence electrons. The Morgan fingerprint density at radius 1 is 1.24 bits per heavy atom. The number of rotatable bonds is 5. The average Bonchev–Trinajstić information content (AvgIpc) is 2.45. The smallest absolute Gasteiger partial charge is 0.239 e. The van der Waals surface area contributed by atoms with Gasteiger partial charge in [-0.25, -0.2) is 4.39 Å². The van der Waals surface area contributed by atoms with Gasteiger partial charge in [-0.05, 0) is 46.6 Å². The molecule has 0 fully saturated rings. The highest BCUT2D eigenvalue weighted by Gasteiger charge is 2.05. The Bertz CT molecular complexity index is 646.